The molecule has 1 aromatic carbocycles. The SMILES string of the molecule is CSNC(=O)c1ccc(-n2ccc3cc(C(=O)C4CCCCC(F)(F)CC4)cnc32)cc1. The maximum absolute atomic E-state index is 13.8. The van der Waals surface area contributed by atoms with E-state index < -0.39 is 5.92 Å². The zero-order valence-corrected chi connectivity index (χ0v) is 18.6. The topological polar surface area (TPSA) is 64.0 Å². The van der Waals surface area contributed by atoms with Gasteiger partial charge in [0, 0.05) is 59.6 Å². The molecular weight excluding hydrogens is 432 g/mol. The molecule has 32 heavy (non-hydrogen) atoms. The Balaban J connectivity index is 1.55. The fourth-order valence-corrected chi connectivity index (χ4v) is 4.52. The van der Waals surface area contributed by atoms with Crippen molar-refractivity contribution in [1.29, 1.82) is 0 Å². The molecule has 0 spiro atoms. The molecule has 1 aliphatic rings. The number of hydrogen-bond acceptors (Lipinski definition) is 4. The predicted molar refractivity (Wildman–Crippen MR) is 123 cm³/mol. The molecule has 1 N–H and O–H groups in total. The van der Waals surface area contributed by atoms with Gasteiger partial charge in [-0.05, 0) is 55.7 Å². The molecule has 0 saturated heterocycles. The average molecular weight is 458 g/mol. The van der Waals surface area contributed by atoms with Crippen LogP contribution in [0.4, 0.5) is 8.78 Å². The number of Topliss-reactive ketones (excluding diaryl/α,β-unsaturated/α-hetero) is 1. The molecule has 1 amide bonds. The largest absolute Gasteiger partial charge is 0.301 e. The molecule has 0 bridgehead atoms. The lowest BCUT2D eigenvalue weighted by Crippen LogP contribution is -2.24. The molecule has 2 heterocycles. The highest BCUT2D eigenvalue weighted by molar-refractivity contribution is 7.97. The van der Waals surface area contributed by atoms with E-state index in [0.29, 0.717) is 36.0 Å². The van der Waals surface area contributed by atoms with Crippen molar-refractivity contribution < 1.29 is 18.4 Å². The second-order valence-corrected chi connectivity index (χ2v) is 8.82. The Hall–Kier alpha value is -2.74. The van der Waals surface area contributed by atoms with Crippen LogP contribution in [-0.2, 0) is 0 Å². The summed E-state index contributed by atoms with van der Waals surface area (Å²) in [5.74, 6) is -3.32. The lowest BCUT2D eigenvalue weighted by Gasteiger charge is -2.24. The zero-order valence-electron chi connectivity index (χ0n) is 17.8. The first-order valence-corrected chi connectivity index (χ1v) is 11.9. The monoisotopic (exact) mass is 457 g/mol. The van der Waals surface area contributed by atoms with E-state index in [0.717, 1.165) is 11.1 Å². The lowest BCUT2D eigenvalue weighted by atomic mass is 9.85. The summed E-state index contributed by atoms with van der Waals surface area (Å²) in [6, 6.07) is 10.8. The van der Waals surface area contributed by atoms with Crippen molar-refractivity contribution in [1.82, 2.24) is 14.3 Å². The van der Waals surface area contributed by atoms with Crippen LogP contribution in [0.2, 0.25) is 0 Å². The summed E-state index contributed by atoms with van der Waals surface area (Å²) in [6.45, 7) is 0. The molecule has 2 aromatic heterocycles. The van der Waals surface area contributed by atoms with Gasteiger partial charge in [0.15, 0.2) is 5.78 Å². The van der Waals surface area contributed by atoms with E-state index in [-0.39, 0.29) is 36.9 Å². The highest BCUT2D eigenvalue weighted by Gasteiger charge is 2.33. The number of benzene rings is 1. The number of nitrogens with zero attached hydrogens (tertiary/aromatic N) is 2. The third-order valence-corrected chi connectivity index (χ3v) is 6.38. The Kier molecular flexibility index (Phi) is 6.60. The third kappa shape index (κ3) is 4.85. The molecule has 1 unspecified atom stereocenters. The number of nitrogens with one attached hydrogen (secondary N) is 1. The lowest BCUT2D eigenvalue weighted by molar-refractivity contribution is -0.0277. The summed E-state index contributed by atoms with van der Waals surface area (Å²) < 4.78 is 32.2. The number of ketones is 1. The van der Waals surface area contributed by atoms with Gasteiger partial charge < -0.3 is 4.57 Å². The summed E-state index contributed by atoms with van der Waals surface area (Å²) >= 11 is 1.24. The highest BCUT2D eigenvalue weighted by Crippen LogP contribution is 2.34. The molecule has 0 aliphatic heterocycles. The highest BCUT2D eigenvalue weighted by atomic mass is 32.2. The summed E-state index contributed by atoms with van der Waals surface area (Å²) in [5.41, 5.74) is 2.56. The number of hydrogen-bond donors (Lipinski definition) is 1. The van der Waals surface area contributed by atoms with Crippen molar-refractivity contribution in [3.8, 4) is 5.69 Å². The van der Waals surface area contributed by atoms with Crippen LogP contribution in [0, 0.1) is 5.92 Å². The Morgan fingerprint density at radius 3 is 2.62 bits per heavy atom. The maximum atomic E-state index is 13.8. The van der Waals surface area contributed by atoms with Crippen LogP contribution in [0.25, 0.3) is 16.7 Å². The Morgan fingerprint density at radius 2 is 1.88 bits per heavy atom. The summed E-state index contributed by atoms with van der Waals surface area (Å²) in [6.07, 6.45) is 6.81. The predicted octanol–water partition coefficient (Wildman–Crippen LogP) is 5.82. The molecule has 4 rings (SSSR count). The second-order valence-electron chi connectivity index (χ2n) is 8.21. The van der Waals surface area contributed by atoms with Crippen molar-refractivity contribution >= 4 is 34.7 Å². The quantitative estimate of drug-likeness (QED) is 0.387. The number of amides is 1. The van der Waals surface area contributed by atoms with E-state index in [2.05, 4.69) is 9.71 Å². The normalized spacial score (nSPS) is 18.7. The van der Waals surface area contributed by atoms with Gasteiger partial charge in [-0.25, -0.2) is 13.8 Å². The average Bonchev–Trinajstić information content (AvgIpc) is 3.20. The summed E-state index contributed by atoms with van der Waals surface area (Å²) in [7, 11) is 0. The number of pyridine rings is 1. The first-order chi connectivity index (χ1) is 15.4. The molecule has 1 saturated carbocycles. The van der Waals surface area contributed by atoms with Crippen LogP contribution in [0.5, 0.6) is 0 Å². The molecule has 0 radical (unpaired) electrons. The van der Waals surface area contributed by atoms with Gasteiger partial charge in [0.05, 0.1) is 0 Å². The van der Waals surface area contributed by atoms with E-state index in [1.807, 2.05) is 29.0 Å². The van der Waals surface area contributed by atoms with E-state index in [1.54, 1.807) is 30.7 Å². The standard InChI is InChI=1S/C24H25F2N3O2S/c1-32-28-23(31)17-5-7-20(8-6-17)29-13-10-18-14-19(15-27-22(18)29)21(30)16-4-2-3-11-24(25,26)12-9-16/h5-8,10,13-16H,2-4,9,11-12H2,1H3,(H,28,31). The number of aromatic nitrogens is 2. The van der Waals surface area contributed by atoms with Crippen LogP contribution in [0.3, 0.4) is 0 Å². The van der Waals surface area contributed by atoms with Gasteiger partial charge in [-0.2, -0.15) is 0 Å². The maximum Gasteiger partial charge on any atom is 0.261 e. The number of carbonyl (C=O) groups excluding carboxylic acids is 2. The van der Waals surface area contributed by atoms with E-state index >= 15 is 0 Å². The van der Waals surface area contributed by atoms with E-state index in [1.165, 1.54) is 11.9 Å². The molecule has 3 aromatic rings. The van der Waals surface area contributed by atoms with Gasteiger partial charge in [0.2, 0.25) is 5.92 Å². The number of fused-ring (bicyclic) bond motifs is 1. The minimum Gasteiger partial charge on any atom is -0.301 e. The van der Waals surface area contributed by atoms with Gasteiger partial charge in [0.1, 0.15) is 5.65 Å². The van der Waals surface area contributed by atoms with Gasteiger partial charge >= 0.3 is 0 Å². The zero-order chi connectivity index (χ0) is 22.7. The van der Waals surface area contributed by atoms with Crippen LogP contribution < -0.4 is 4.72 Å². The first kappa shape index (κ1) is 22.5. The molecule has 1 aliphatic carbocycles. The van der Waals surface area contributed by atoms with Crippen molar-refractivity contribution in [2.75, 3.05) is 6.26 Å². The summed E-state index contributed by atoms with van der Waals surface area (Å²) in [4.78, 5) is 29.5. The minimum absolute atomic E-state index is 0.0852. The molecular formula is C24H25F2N3O2S. The van der Waals surface area contributed by atoms with Gasteiger partial charge in [-0.15, -0.1) is 0 Å². The van der Waals surface area contributed by atoms with Crippen LogP contribution in [0.15, 0.2) is 48.8 Å². The number of alkyl halides is 2. The number of halogens is 2. The van der Waals surface area contributed by atoms with Crippen LogP contribution >= 0.6 is 11.9 Å². The summed E-state index contributed by atoms with van der Waals surface area (Å²) in [5, 5.41) is 0.802. The molecule has 8 heteroatoms. The second kappa shape index (κ2) is 9.40. The molecule has 1 fully saturated rings. The fourth-order valence-electron chi connectivity index (χ4n) is 4.22. The number of rotatable bonds is 5. The van der Waals surface area contributed by atoms with Crippen LogP contribution in [-0.4, -0.2) is 33.4 Å². The molecule has 5 nitrogen and oxygen atoms in total. The van der Waals surface area contributed by atoms with Crippen molar-refractivity contribution in [2.45, 2.75) is 44.4 Å². The Bertz CT molecular complexity index is 1130. The van der Waals surface area contributed by atoms with Gasteiger partial charge in [-0.3, -0.25) is 14.3 Å². The van der Waals surface area contributed by atoms with Crippen molar-refractivity contribution in [3.63, 3.8) is 0 Å². The van der Waals surface area contributed by atoms with Crippen molar-refractivity contribution in [3.05, 3.63) is 59.9 Å². The minimum atomic E-state index is -2.68. The molecule has 168 valence electrons. The van der Waals surface area contributed by atoms with Crippen LogP contribution in [0.1, 0.15) is 59.2 Å². The number of carbonyl (C=O) groups is 2. The Labute approximate surface area is 189 Å². The van der Waals surface area contributed by atoms with Gasteiger partial charge in [0.25, 0.3) is 5.91 Å². The first-order valence-electron chi connectivity index (χ1n) is 10.7. The smallest absolute Gasteiger partial charge is 0.261 e. The van der Waals surface area contributed by atoms with E-state index in [9.17, 15) is 18.4 Å². The van der Waals surface area contributed by atoms with Gasteiger partial charge in [-0.1, -0.05) is 18.4 Å². The van der Waals surface area contributed by atoms with E-state index in [4.69, 9.17) is 0 Å². The Morgan fingerprint density at radius 1 is 1.09 bits per heavy atom. The third-order valence-electron chi connectivity index (χ3n) is 5.99. The van der Waals surface area contributed by atoms with Crippen molar-refractivity contribution in [2.24, 2.45) is 5.92 Å². The molecule has 1 atom stereocenters. The fraction of sp³-hybridized carbons (Fsp3) is 0.375.